The van der Waals surface area contributed by atoms with Crippen LogP contribution in [0, 0.1) is 0 Å². The lowest BCUT2D eigenvalue weighted by molar-refractivity contribution is -0.145. The van der Waals surface area contributed by atoms with Crippen LogP contribution < -0.4 is 5.32 Å². The minimum absolute atomic E-state index is 0.0701. The van der Waals surface area contributed by atoms with Crippen molar-refractivity contribution in [2.24, 2.45) is 0 Å². The van der Waals surface area contributed by atoms with Gasteiger partial charge < -0.3 is 19.9 Å². The number of ether oxygens (including phenoxy) is 2. The standard InChI is InChI=1S/C14H21NO7/c1-3-21-12(17)7-5-6-10(14(19)20)15-11(16)8-9-13(18)22-4-2/h5,7,10H,3-4,6,8-9H2,1-2H3,(H,15,16)(H,19,20)/b7-5+/t10-/m0/s1. The molecule has 0 aromatic carbocycles. The average molecular weight is 315 g/mol. The summed E-state index contributed by atoms with van der Waals surface area (Å²) in [6, 6.07) is -1.18. The van der Waals surface area contributed by atoms with Crippen molar-refractivity contribution in [2.45, 2.75) is 39.2 Å². The second-order valence-electron chi connectivity index (χ2n) is 4.15. The highest BCUT2D eigenvalue weighted by molar-refractivity contribution is 5.86. The fourth-order valence-electron chi connectivity index (χ4n) is 1.43. The first kappa shape index (κ1) is 19.6. The third-order valence-electron chi connectivity index (χ3n) is 2.41. The molecule has 124 valence electrons. The van der Waals surface area contributed by atoms with Crippen molar-refractivity contribution in [1.29, 1.82) is 0 Å². The fourth-order valence-corrected chi connectivity index (χ4v) is 1.43. The molecule has 0 fully saturated rings. The van der Waals surface area contributed by atoms with Gasteiger partial charge in [-0.05, 0) is 20.3 Å². The lowest BCUT2D eigenvalue weighted by Gasteiger charge is -2.12. The largest absolute Gasteiger partial charge is 0.480 e. The van der Waals surface area contributed by atoms with Crippen LogP contribution in [0.25, 0.3) is 0 Å². The maximum atomic E-state index is 11.6. The summed E-state index contributed by atoms with van der Waals surface area (Å²) < 4.78 is 9.30. The number of nitrogens with one attached hydrogen (secondary N) is 1. The summed E-state index contributed by atoms with van der Waals surface area (Å²) >= 11 is 0. The number of carboxylic acids is 1. The zero-order chi connectivity index (χ0) is 17.0. The van der Waals surface area contributed by atoms with E-state index in [4.69, 9.17) is 5.11 Å². The number of aliphatic carboxylic acids is 1. The summed E-state index contributed by atoms with van der Waals surface area (Å²) in [4.78, 5) is 44.7. The summed E-state index contributed by atoms with van der Waals surface area (Å²) in [6.45, 7) is 3.73. The van der Waals surface area contributed by atoms with Crippen LogP contribution in [0.3, 0.4) is 0 Å². The third kappa shape index (κ3) is 9.51. The third-order valence-corrected chi connectivity index (χ3v) is 2.41. The molecule has 0 heterocycles. The summed E-state index contributed by atoms with van der Waals surface area (Å²) in [6.07, 6.45) is 2.06. The van der Waals surface area contributed by atoms with E-state index < -0.39 is 29.9 Å². The Morgan fingerprint density at radius 1 is 1.09 bits per heavy atom. The van der Waals surface area contributed by atoms with Crippen LogP contribution in [0.15, 0.2) is 12.2 Å². The number of carbonyl (C=O) groups excluding carboxylic acids is 3. The predicted octanol–water partition coefficient (Wildman–Crippen LogP) is 0.409. The van der Waals surface area contributed by atoms with E-state index in [9.17, 15) is 19.2 Å². The van der Waals surface area contributed by atoms with Gasteiger partial charge in [-0.3, -0.25) is 9.59 Å². The van der Waals surface area contributed by atoms with E-state index in [0.29, 0.717) is 0 Å². The highest BCUT2D eigenvalue weighted by Crippen LogP contribution is 1.99. The molecule has 0 saturated heterocycles. The molecule has 0 aliphatic carbocycles. The number of esters is 2. The molecule has 0 aromatic rings. The van der Waals surface area contributed by atoms with E-state index >= 15 is 0 Å². The van der Waals surface area contributed by atoms with Crippen LogP contribution in [-0.4, -0.2) is 48.2 Å². The molecule has 0 bridgehead atoms. The molecule has 0 aromatic heterocycles. The van der Waals surface area contributed by atoms with E-state index in [1.54, 1.807) is 13.8 Å². The number of hydrogen-bond donors (Lipinski definition) is 2. The second-order valence-corrected chi connectivity index (χ2v) is 4.15. The predicted molar refractivity (Wildman–Crippen MR) is 75.8 cm³/mol. The van der Waals surface area contributed by atoms with E-state index in [1.165, 1.54) is 6.08 Å². The van der Waals surface area contributed by atoms with E-state index in [0.717, 1.165) is 6.08 Å². The smallest absolute Gasteiger partial charge is 0.330 e. The number of rotatable bonds is 10. The average Bonchev–Trinajstić information content (AvgIpc) is 2.44. The SMILES string of the molecule is CCOC(=O)/C=C/C[C@H](NC(=O)CCC(=O)OCC)C(=O)O. The van der Waals surface area contributed by atoms with Gasteiger partial charge in [0.1, 0.15) is 6.04 Å². The topological polar surface area (TPSA) is 119 Å². The van der Waals surface area contributed by atoms with Gasteiger partial charge in [0.05, 0.1) is 19.6 Å². The molecular formula is C14H21NO7. The van der Waals surface area contributed by atoms with Crippen LogP contribution in [-0.2, 0) is 28.7 Å². The number of hydrogen-bond acceptors (Lipinski definition) is 6. The lowest BCUT2D eigenvalue weighted by atomic mass is 10.2. The number of carbonyl (C=O) groups is 4. The first-order valence-corrected chi connectivity index (χ1v) is 6.91. The van der Waals surface area contributed by atoms with Crippen molar-refractivity contribution in [3.8, 4) is 0 Å². The maximum absolute atomic E-state index is 11.6. The Morgan fingerprint density at radius 3 is 2.27 bits per heavy atom. The zero-order valence-corrected chi connectivity index (χ0v) is 12.7. The molecular weight excluding hydrogens is 294 g/mol. The van der Waals surface area contributed by atoms with E-state index in [1.807, 2.05) is 0 Å². The summed E-state index contributed by atoms with van der Waals surface area (Å²) in [7, 11) is 0. The highest BCUT2D eigenvalue weighted by atomic mass is 16.5. The van der Waals surface area contributed by atoms with Crippen molar-refractivity contribution in [1.82, 2.24) is 5.32 Å². The molecule has 0 aliphatic rings. The monoisotopic (exact) mass is 315 g/mol. The van der Waals surface area contributed by atoms with E-state index in [2.05, 4.69) is 14.8 Å². The van der Waals surface area contributed by atoms with E-state index in [-0.39, 0.29) is 32.5 Å². The second kappa shape index (κ2) is 11.3. The minimum Gasteiger partial charge on any atom is -0.480 e. The van der Waals surface area contributed by atoms with Crippen molar-refractivity contribution in [3.63, 3.8) is 0 Å². The van der Waals surface area contributed by atoms with Crippen molar-refractivity contribution in [2.75, 3.05) is 13.2 Å². The summed E-state index contributed by atoms with van der Waals surface area (Å²) in [5, 5.41) is 11.3. The van der Waals surface area contributed by atoms with Crippen LogP contribution in [0.1, 0.15) is 33.1 Å². The van der Waals surface area contributed by atoms with Crippen molar-refractivity contribution in [3.05, 3.63) is 12.2 Å². The lowest BCUT2D eigenvalue weighted by Crippen LogP contribution is -2.40. The molecule has 22 heavy (non-hydrogen) atoms. The summed E-state index contributed by atoms with van der Waals surface area (Å²) in [5.74, 6) is -2.92. The van der Waals surface area contributed by atoms with Gasteiger partial charge in [0.25, 0.3) is 0 Å². The van der Waals surface area contributed by atoms with Crippen LogP contribution in [0.4, 0.5) is 0 Å². The normalized spacial score (nSPS) is 11.7. The van der Waals surface area contributed by atoms with Gasteiger partial charge in [0.15, 0.2) is 0 Å². The highest BCUT2D eigenvalue weighted by Gasteiger charge is 2.19. The van der Waals surface area contributed by atoms with Crippen molar-refractivity contribution >= 4 is 23.8 Å². The van der Waals surface area contributed by atoms with Crippen LogP contribution >= 0.6 is 0 Å². The van der Waals surface area contributed by atoms with Gasteiger partial charge >= 0.3 is 17.9 Å². The Labute approximate surface area is 128 Å². The molecule has 8 nitrogen and oxygen atoms in total. The Balaban J connectivity index is 4.29. The molecule has 0 radical (unpaired) electrons. The maximum Gasteiger partial charge on any atom is 0.330 e. The first-order valence-electron chi connectivity index (χ1n) is 6.91. The van der Waals surface area contributed by atoms with Crippen LogP contribution in [0.2, 0.25) is 0 Å². The zero-order valence-electron chi connectivity index (χ0n) is 12.7. The molecule has 1 atom stereocenters. The fraction of sp³-hybridized carbons (Fsp3) is 0.571. The molecule has 2 N–H and O–H groups in total. The number of amides is 1. The first-order chi connectivity index (χ1) is 10.4. The summed E-state index contributed by atoms with van der Waals surface area (Å²) in [5.41, 5.74) is 0. The quantitative estimate of drug-likeness (QED) is 0.442. The van der Waals surface area contributed by atoms with Gasteiger partial charge in [-0.2, -0.15) is 0 Å². The Hall–Kier alpha value is -2.38. The molecule has 0 spiro atoms. The van der Waals surface area contributed by atoms with Crippen LogP contribution in [0.5, 0.6) is 0 Å². The minimum atomic E-state index is -1.24. The Morgan fingerprint density at radius 2 is 1.73 bits per heavy atom. The molecule has 0 saturated carbocycles. The molecule has 0 rings (SSSR count). The van der Waals surface area contributed by atoms with Gasteiger partial charge in [0.2, 0.25) is 5.91 Å². The van der Waals surface area contributed by atoms with Gasteiger partial charge in [-0.25, -0.2) is 9.59 Å². The Bertz CT molecular complexity index is 431. The molecule has 0 unspecified atom stereocenters. The van der Waals surface area contributed by atoms with Gasteiger partial charge in [0, 0.05) is 12.5 Å². The van der Waals surface area contributed by atoms with Gasteiger partial charge in [-0.15, -0.1) is 0 Å². The molecule has 1 amide bonds. The Kier molecular flexibility index (Phi) is 10.1. The van der Waals surface area contributed by atoms with Crippen molar-refractivity contribution < 1.29 is 33.8 Å². The molecule has 0 aliphatic heterocycles. The molecule has 8 heteroatoms. The van der Waals surface area contributed by atoms with Gasteiger partial charge in [-0.1, -0.05) is 6.08 Å². The number of carboxylic acid groups (broad SMARTS) is 1.